The molecule has 0 aliphatic rings. The quantitative estimate of drug-likeness (QED) is 0.807. The molecule has 2 aromatic rings. The third kappa shape index (κ3) is 4.87. The summed E-state index contributed by atoms with van der Waals surface area (Å²) in [5.41, 5.74) is 8.53. The average molecular weight is 348 g/mol. The lowest BCUT2D eigenvalue weighted by Crippen LogP contribution is -2.22. The second kappa shape index (κ2) is 8.20. The number of benzene rings is 2. The predicted octanol–water partition coefficient (Wildman–Crippen LogP) is 4.35. The van der Waals surface area contributed by atoms with Crippen molar-refractivity contribution in [3.63, 3.8) is 0 Å². The van der Waals surface area contributed by atoms with Crippen molar-refractivity contribution in [3.8, 4) is 5.75 Å². The summed E-state index contributed by atoms with van der Waals surface area (Å²) in [6, 6.07) is 16.7. The smallest absolute Gasteiger partial charge is 0.136 e. The van der Waals surface area contributed by atoms with Crippen LogP contribution in [0.4, 0.5) is 0 Å². The van der Waals surface area contributed by atoms with Gasteiger partial charge in [0.05, 0.1) is 11.1 Å². The van der Waals surface area contributed by atoms with Crippen LogP contribution in [0, 0.1) is 0 Å². The Kier molecular flexibility index (Phi) is 6.27. The molecule has 0 radical (unpaired) electrons. The first-order valence-electron chi connectivity index (χ1n) is 7.40. The molecule has 0 fully saturated rings. The second-order valence-electron chi connectivity index (χ2n) is 5.18. The van der Waals surface area contributed by atoms with Crippen LogP contribution in [-0.2, 0) is 12.8 Å². The molecule has 0 saturated heterocycles. The van der Waals surface area contributed by atoms with E-state index in [1.807, 2.05) is 18.2 Å². The van der Waals surface area contributed by atoms with Crippen LogP contribution in [-0.4, -0.2) is 12.6 Å². The summed E-state index contributed by atoms with van der Waals surface area (Å²) in [7, 11) is 0. The lowest BCUT2D eigenvalue weighted by molar-refractivity contribution is 0.315. The summed E-state index contributed by atoms with van der Waals surface area (Å²) in [6.07, 6.45) is 2.72. The Morgan fingerprint density at radius 2 is 1.86 bits per heavy atom. The molecule has 2 nitrogen and oxygen atoms in total. The lowest BCUT2D eigenvalue weighted by Gasteiger charge is -2.16. The van der Waals surface area contributed by atoms with Gasteiger partial charge in [-0.2, -0.15) is 0 Å². The third-order valence-electron chi connectivity index (χ3n) is 3.53. The number of ether oxygens (including phenoxy) is 1. The molecule has 2 rings (SSSR count). The van der Waals surface area contributed by atoms with Gasteiger partial charge >= 0.3 is 0 Å². The molecule has 2 N–H and O–H groups in total. The highest BCUT2D eigenvalue weighted by molar-refractivity contribution is 9.10. The zero-order chi connectivity index (χ0) is 15.1. The summed E-state index contributed by atoms with van der Waals surface area (Å²) in [5, 5.41) is 0. The maximum Gasteiger partial charge on any atom is 0.136 e. The van der Waals surface area contributed by atoms with Gasteiger partial charge in [-0.3, -0.25) is 0 Å². The van der Waals surface area contributed by atoms with Crippen molar-refractivity contribution in [1.29, 1.82) is 0 Å². The summed E-state index contributed by atoms with van der Waals surface area (Å²) >= 11 is 3.58. The van der Waals surface area contributed by atoms with E-state index in [1.54, 1.807) is 0 Å². The lowest BCUT2D eigenvalue weighted by atomic mass is 10.0. The van der Waals surface area contributed by atoms with Crippen LogP contribution in [0.3, 0.4) is 0 Å². The van der Waals surface area contributed by atoms with Crippen molar-refractivity contribution in [2.75, 3.05) is 6.61 Å². The van der Waals surface area contributed by atoms with Crippen LogP contribution in [0.15, 0.2) is 53.0 Å². The first kappa shape index (κ1) is 16.1. The maximum absolute atomic E-state index is 6.07. The van der Waals surface area contributed by atoms with Crippen LogP contribution in [0.2, 0.25) is 0 Å². The van der Waals surface area contributed by atoms with E-state index >= 15 is 0 Å². The standard InChI is InChI=1S/C18H22BrNO/c1-2-16(20)13-15-9-6-10-17(19)18(15)21-12-11-14-7-4-3-5-8-14/h3-10,16H,2,11-13,20H2,1H3. The molecule has 0 saturated carbocycles. The van der Waals surface area contributed by atoms with Crippen molar-refractivity contribution in [3.05, 3.63) is 64.1 Å². The molecular weight excluding hydrogens is 326 g/mol. The topological polar surface area (TPSA) is 35.2 Å². The van der Waals surface area contributed by atoms with E-state index in [0.717, 1.165) is 29.5 Å². The number of nitrogens with two attached hydrogens (primary N) is 1. The summed E-state index contributed by atoms with van der Waals surface area (Å²) < 4.78 is 7.01. The van der Waals surface area contributed by atoms with Crippen molar-refractivity contribution in [1.82, 2.24) is 0 Å². The molecule has 21 heavy (non-hydrogen) atoms. The normalized spacial score (nSPS) is 12.1. The minimum atomic E-state index is 0.177. The van der Waals surface area contributed by atoms with Crippen LogP contribution < -0.4 is 10.5 Å². The summed E-state index contributed by atoms with van der Waals surface area (Å²) in [4.78, 5) is 0. The number of para-hydroxylation sites is 1. The largest absolute Gasteiger partial charge is 0.492 e. The van der Waals surface area contributed by atoms with Crippen molar-refractivity contribution < 1.29 is 4.74 Å². The van der Waals surface area contributed by atoms with Gasteiger partial charge in [-0.1, -0.05) is 49.4 Å². The first-order chi connectivity index (χ1) is 10.2. The van der Waals surface area contributed by atoms with E-state index in [9.17, 15) is 0 Å². The molecule has 0 amide bonds. The van der Waals surface area contributed by atoms with E-state index in [0.29, 0.717) is 6.61 Å². The van der Waals surface area contributed by atoms with Gasteiger partial charge in [0.2, 0.25) is 0 Å². The van der Waals surface area contributed by atoms with Crippen LogP contribution in [0.1, 0.15) is 24.5 Å². The van der Waals surface area contributed by atoms with E-state index in [-0.39, 0.29) is 6.04 Å². The van der Waals surface area contributed by atoms with Gasteiger partial charge in [-0.25, -0.2) is 0 Å². The predicted molar refractivity (Wildman–Crippen MR) is 91.8 cm³/mol. The molecule has 0 aliphatic heterocycles. The molecule has 0 spiro atoms. The Labute approximate surface area is 135 Å². The Morgan fingerprint density at radius 3 is 2.57 bits per heavy atom. The molecule has 2 aromatic carbocycles. The highest BCUT2D eigenvalue weighted by Crippen LogP contribution is 2.30. The van der Waals surface area contributed by atoms with Gasteiger partial charge in [0.15, 0.2) is 0 Å². The average Bonchev–Trinajstić information content (AvgIpc) is 2.51. The van der Waals surface area contributed by atoms with Crippen LogP contribution in [0.25, 0.3) is 0 Å². The van der Waals surface area contributed by atoms with Crippen molar-refractivity contribution in [2.24, 2.45) is 5.73 Å². The fraction of sp³-hybridized carbons (Fsp3) is 0.333. The van der Waals surface area contributed by atoms with E-state index in [2.05, 4.69) is 53.2 Å². The number of hydrogen-bond donors (Lipinski definition) is 1. The van der Waals surface area contributed by atoms with Gasteiger partial charge < -0.3 is 10.5 Å². The van der Waals surface area contributed by atoms with E-state index in [1.165, 1.54) is 11.1 Å². The van der Waals surface area contributed by atoms with Gasteiger partial charge in [0.1, 0.15) is 5.75 Å². The number of rotatable bonds is 7. The van der Waals surface area contributed by atoms with Crippen molar-refractivity contribution in [2.45, 2.75) is 32.2 Å². The Balaban J connectivity index is 2.01. The first-order valence-corrected chi connectivity index (χ1v) is 8.19. The van der Waals surface area contributed by atoms with Gasteiger partial charge in [0, 0.05) is 12.5 Å². The summed E-state index contributed by atoms with van der Waals surface area (Å²) in [6.45, 7) is 2.78. The van der Waals surface area contributed by atoms with Crippen LogP contribution in [0.5, 0.6) is 5.75 Å². The number of halogens is 1. The molecular formula is C18H22BrNO. The third-order valence-corrected chi connectivity index (χ3v) is 4.16. The SMILES string of the molecule is CCC(N)Cc1cccc(Br)c1OCCc1ccccc1. The van der Waals surface area contributed by atoms with Crippen molar-refractivity contribution >= 4 is 15.9 Å². The van der Waals surface area contributed by atoms with Gasteiger partial charge in [0.25, 0.3) is 0 Å². The molecule has 1 unspecified atom stereocenters. The Morgan fingerprint density at radius 1 is 1.10 bits per heavy atom. The fourth-order valence-corrected chi connectivity index (χ4v) is 2.74. The molecule has 112 valence electrons. The molecule has 3 heteroatoms. The molecule has 0 heterocycles. The van der Waals surface area contributed by atoms with Gasteiger partial charge in [-0.15, -0.1) is 0 Å². The van der Waals surface area contributed by atoms with Crippen LogP contribution >= 0.6 is 15.9 Å². The molecule has 1 atom stereocenters. The monoisotopic (exact) mass is 347 g/mol. The van der Waals surface area contributed by atoms with Gasteiger partial charge in [-0.05, 0) is 46.0 Å². The zero-order valence-electron chi connectivity index (χ0n) is 12.4. The molecule has 0 bridgehead atoms. The highest BCUT2D eigenvalue weighted by atomic mass is 79.9. The fourth-order valence-electron chi connectivity index (χ4n) is 2.22. The minimum absolute atomic E-state index is 0.177. The summed E-state index contributed by atoms with van der Waals surface area (Å²) in [5.74, 6) is 0.928. The minimum Gasteiger partial charge on any atom is -0.492 e. The second-order valence-corrected chi connectivity index (χ2v) is 6.04. The Hall–Kier alpha value is -1.32. The Bertz CT molecular complexity index is 556. The molecule has 0 aromatic heterocycles. The number of hydrogen-bond acceptors (Lipinski definition) is 2. The van der Waals surface area contributed by atoms with E-state index in [4.69, 9.17) is 10.5 Å². The highest BCUT2D eigenvalue weighted by Gasteiger charge is 2.11. The maximum atomic E-state index is 6.07. The zero-order valence-corrected chi connectivity index (χ0v) is 14.0. The molecule has 0 aliphatic carbocycles. The van der Waals surface area contributed by atoms with E-state index < -0.39 is 0 Å².